The van der Waals surface area contributed by atoms with Gasteiger partial charge in [0.1, 0.15) is 0 Å². The van der Waals surface area contributed by atoms with Crippen molar-refractivity contribution in [3.05, 3.63) is 28.8 Å². The standard InChI is InChI=1S/C20H27N5O/c1-14-12-16(18-21-23-24-22-18)13-15(2)17(14)19(26)25-10-8-20(9-11-25)6-4-3-5-7-20/h12-13H,3-11H2,1-2H3,(H,21,22,23,24). The summed E-state index contributed by atoms with van der Waals surface area (Å²) < 4.78 is 0. The summed E-state index contributed by atoms with van der Waals surface area (Å²) in [5.74, 6) is 0.734. The van der Waals surface area contributed by atoms with Gasteiger partial charge in [0.15, 0.2) is 0 Å². The molecule has 1 aromatic heterocycles. The topological polar surface area (TPSA) is 74.8 Å². The molecule has 2 aromatic rings. The fourth-order valence-corrected chi connectivity index (χ4v) is 4.86. The minimum atomic E-state index is 0.172. The second kappa shape index (κ2) is 6.82. The normalized spacial score (nSPS) is 19.7. The van der Waals surface area contributed by atoms with Gasteiger partial charge in [-0.25, -0.2) is 0 Å². The van der Waals surface area contributed by atoms with E-state index in [1.807, 2.05) is 26.0 Å². The maximum Gasteiger partial charge on any atom is 0.254 e. The number of carbonyl (C=O) groups excluding carboxylic acids is 1. The van der Waals surface area contributed by atoms with Crippen LogP contribution in [0.2, 0.25) is 0 Å². The molecule has 1 aliphatic carbocycles. The van der Waals surface area contributed by atoms with Crippen molar-refractivity contribution in [1.82, 2.24) is 25.5 Å². The fourth-order valence-electron chi connectivity index (χ4n) is 4.86. The van der Waals surface area contributed by atoms with Gasteiger partial charge in [0.05, 0.1) is 0 Å². The Bertz CT molecular complexity index is 760. The number of piperidine rings is 1. The van der Waals surface area contributed by atoms with Crippen LogP contribution < -0.4 is 0 Å². The number of amides is 1. The van der Waals surface area contributed by atoms with Gasteiger partial charge in [0.2, 0.25) is 5.82 Å². The molecule has 4 rings (SSSR count). The maximum atomic E-state index is 13.2. The van der Waals surface area contributed by atoms with E-state index in [1.165, 1.54) is 32.1 Å². The molecule has 1 amide bonds. The Morgan fingerprint density at radius 3 is 2.27 bits per heavy atom. The Balaban J connectivity index is 1.52. The van der Waals surface area contributed by atoms with Crippen molar-refractivity contribution in [2.75, 3.05) is 13.1 Å². The van der Waals surface area contributed by atoms with Crippen LogP contribution in [0.25, 0.3) is 11.4 Å². The summed E-state index contributed by atoms with van der Waals surface area (Å²) >= 11 is 0. The van der Waals surface area contributed by atoms with Crippen molar-refractivity contribution in [2.45, 2.75) is 58.8 Å². The number of nitrogens with zero attached hydrogens (tertiary/aromatic N) is 4. The van der Waals surface area contributed by atoms with E-state index in [-0.39, 0.29) is 5.91 Å². The number of H-pyrrole nitrogens is 1. The van der Waals surface area contributed by atoms with Crippen LogP contribution in [0.1, 0.15) is 66.4 Å². The van der Waals surface area contributed by atoms with Crippen molar-refractivity contribution >= 4 is 5.91 Å². The molecule has 6 nitrogen and oxygen atoms in total. The van der Waals surface area contributed by atoms with Crippen LogP contribution >= 0.6 is 0 Å². The second-order valence-corrected chi connectivity index (χ2v) is 8.07. The second-order valence-electron chi connectivity index (χ2n) is 8.07. The van der Waals surface area contributed by atoms with Crippen molar-refractivity contribution in [1.29, 1.82) is 0 Å². The molecule has 0 radical (unpaired) electrons. The number of rotatable bonds is 2. The van der Waals surface area contributed by atoms with Gasteiger partial charge in [0.25, 0.3) is 5.91 Å². The molecular formula is C20H27N5O. The average Bonchev–Trinajstić information content (AvgIpc) is 3.17. The number of hydrogen-bond acceptors (Lipinski definition) is 4. The van der Waals surface area contributed by atoms with E-state index in [1.54, 1.807) is 0 Å². The van der Waals surface area contributed by atoms with Gasteiger partial charge < -0.3 is 4.90 Å². The minimum Gasteiger partial charge on any atom is -0.339 e. The van der Waals surface area contributed by atoms with Crippen LogP contribution in [0.15, 0.2) is 12.1 Å². The van der Waals surface area contributed by atoms with E-state index in [4.69, 9.17) is 0 Å². The van der Waals surface area contributed by atoms with Gasteiger partial charge in [-0.15, -0.1) is 10.2 Å². The summed E-state index contributed by atoms with van der Waals surface area (Å²) in [5.41, 5.74) is 4.20. The number of nitrogens with one attached hydrogen (secondary N) is 1. The van der Waals surface area contributed by atoms with Gasteiger partial charge >= 0.3 is 0 Å². The summed E-state index contributed by atoms with van der Waals surface area (Å²) in [5, 5.41) is 14.2. The van der Waals surface area contributed by atoms with Gasteiger partial charge in [-0.1, -0.05) is 19.3 Å². The molecule has 2 aliphatic rings. The predicted octanol–water partition coefficient (Wildman–Crippen LogP) is 3.67. The molecule has 2 fully saturated rings. The van der Waals surface area contributed by atoms with E-state index < -0.39 is 0 Å². The van der Waals surface area contributed by atoms with E-state index in [0.717, 1.165) is 48.2 Å². The number of benzene rings is 1. The lowest BCUT2D eigenvalue weighted by Crippen LogP contribution is -2.44. The van der Waals surface area contributed by atoms with E-state index >= 15 is 0 Å². The van der Waals surface area contributed by atoms with Gasteiger partial charge in [0, 0.05) is 24.2 Å². The largest absolute Gasteiger partial charge is 0.339 e. The molecule has 1 N–H and O–H groups in total. The monoisotopic (exact) mass is 353 g/mol. The predicted molar refractivity (Wildman–Crippen MR) is 99.7 cm³/mol. The quantitative estimate of drug-likeness (QED) is 0.894. The Hall–Kier alpha value is -2.24. The highest BCUT2D eigenvalue weighted by Crippen LogP contribution is 2.44. The zero-order valence-electron chi connectivity index (χ0n) is 15.7. The van der Waals surface area contributed by atoms with E-state index in [0.29, 0.717) is 11.2 Å². The van der Waals surface area contributed by atoms with Crippen molar-refractivity contribution in [3.63, 3.8) is 0 Å². The number of hydrogen-bond donors (Lipinski definition) is 1. The minimum absolute atomic E-state index is 0.172. The number of tetrazole rings is 1. The van der Waals surface area contributed by atoms with Gasteiger partial charge in [-0.05, 0) is 73.4 Å². The van der Waals surface area contributed by atoms with E-state index in [9.17, 15) is 4.79 Å². The summed E-state index contributed by atoms with van der Waals surface area (Å²) in [6, 6.07) is 3.97. The first-order valence-corrected chi connectivity index (χ1v) is 9.72. The number of aromatic nitrogens is 4. The number of aromatic amines is 1. The number of carbonyl (C=O) groups is 1. The third-order valence-electron chi connectivity index (χ3n) is 6.38. The molecule has 6 heteroatoms. The highest BCUT2D eigenvalue weighted by molar-refractivity contribution is 5.97. The van der Waals surface area contributed by atoms with Crippen LogP contribution in [0.3, 0.4) is 0 Å². The first-order chi connectivity index (χ1) is 12.6. The maximum absolute atomic E-state index is 13.2. The van der Waals surface area contributed by atoms with E-state index in [2.05, 4.69) is 25.5 Å². The Morgan fingerprint density at radius 1 is 1.04 bits per heavy atom. The fraction of sp³-hybridized carbons (Fsp3) is 0.600. The lowest BCUT2D eigenvalue weighted by Gasteiger charge is -2.44. The van der Waals surface area contributed by atoms with Crippen LogP contribution in [-0.2, 0) is 0 Å². The zero-order valence-corrected chi connectivity index (χ0v) is 15.7. The highest BCUT2D eigenvalue weighted by Gasteiger charge is 2.37. The molecule has 0 unspecified atom stereocenters. The lowest BCUT2D eigenvalue weighted by molar-refractivity contribution is 0.0471. The summed E-state index contributed by atoms with van der Waals surface area (Å²) in [7, 11) is 0. The van der Waals surface area contributed by atoms with Crippen LogP contribution in [0.5, 0.6) is 0 Å². The van der Waals surface area contributed by atoms with Crippen LogP contribution in [0.4, 0.5) is 0 Å². The Labute approximate surface area is 154 Å². The third-order valence-corrected chi connectivity index (χ3v) is 6.38. The number of aryl methyl sites for hydroxylation is 2. The van der Waals surface area contributed by atoms with Crippen LogP contribution in [0, 0.1) is 19.3 Å². The Kier molecular flexibility index (Phi) is 4.51. The summed E-state index contributed by atoms with van der Waals surface area (Å²) in [6.07, 6.45) is 9.15. The smallest absolute Gasteiger partial charge is 0.254 e. The van der Waals surface area contributed by atoms with Crippen molar-refractivity contribution in [2.24, 2.45) is 5.41 Å². The van der Waals surface area contributed by atoms with Crippen LogP contribution in [-0.4, -0.2) is 44.5 Å². The molecule has 0 atom stereocenters. The molecule has 1 saturated heterocycles. The average molecular weight is 353 g/mol. The molecule has 26 heavy (non-hydrogen) atoms. The molecule has 1 spiro atoms. The summed E-state index contributed by atoms with van der Waals surface area (Å²) in [4.78, 5) is 15.2. The first kappa shape index (κ1) is 17.2. The molecular weight excluding hydrogens is 326 g/mol. The van der Waals surface area contributed by atoms with Crippen molar-refractivity contribution < 1.29 is 4.79 Å². The highest BCUT2D eigenvalue weighted by atomic mass is 16.2. The first-order valence-electron chi connectivity index (χ1n) is 9.72. The zero-order chi connectivity index (χ0) is 18.1. The third kappa shape index (κ3) is 3.13. The van der Waals surface area contributed by atoms with Gasteiger partial charge in [-0.2, -0.15) is 5.21 Å². The SMILES string of the molecule is Cc1cc(-c2nn[nH]n2)cc(C)c1C(=O)N1CCC2(CCCCC2)CC1. The van der Waals surface area contributed by atoms with Crippen molar-refractivity contribution in [3.8, 4) is 11.4 Å². The molecule has 1 aliphatic heterocycles. The summed E-state index contributed by atoms with van der Waals surface area (Å²) in [6.45, 7) is 5.78. The molecule has 0 bridgehead atoms. The number of likely N-dealkylation sites (tertiary alicyclic amines) is 1. The Morgan fingerprint density at radius 2 is 1.69 bits per heavy atom. The molecule has 2 heterocycles. The van der Waals surface area contributed by atoms with Gasteiger partial charge in [-0.3, -0.25) is 4.79 Å². The lowest BCUT2D eigenvalue weighted by atomic mass is 9.68. The molecule has 1 aromatic carbocycles. The molecule has 1 saturated carbocycles. The molecule has 138 valence electrons.